The second-order valence-electron chi connectivity index (χ2n) is 15.7. The highest BCUT2D eigenvalue weighted by Gasteiger charge is 2.27. The fourth-order valence-electron chi connectivity index (χ4n) is 5.09. The Morgan fingerprint density at radius 2 is 1.11 bits per heavy atom. The summed E-state index contributed by atoms with van der Waals surface area (Å²) < 4.78 is 34.1. The lowest BCUT2D eigenvalue weighted by molar-refractivity contribution is -0.870. The summed E-state index contributed by atoms with van der Waals surface area (Å²) in [5, 5.41) is 20.0. The summed E-state index contributed by atoms with van der Waals surface area (Å²) >= 11 is 0. The number of allylic oxidation sites excluding steroid dienone is 16. The van der Waals surface area contributed by atoms with Gasteiger partial charge in [0.2, 0.25) is 0 Å². The van der Waals surface area contributed by atoms with Crippen molar-refractivity contribution >= 4 is 19.8 Å². The number of likely N-dealkylation sites (N-methyl/N-ethyl adjacent to an activating group) is 1. The quantitative estimate of drug-likeness (QED) is 0.0137. The van der Waals surface area contributed by atoms with E-state index in [1.807, 2.05) is 70.6 Å². The minimum absolute atomic E-state index is 0.0179. The standard InChI is InChI=1S/C50H80NO10P/c1-6-8-10-11-12-13-14-15-16-17-18-19-20-21-22-26-34-40-49(54)58-44-48(45-60-62(56,57)59-43-42-51(3,4)5)61-50(55)41-35-27-24-23-25-31-37-47(53)39-33-29-28-32-38-46(52)36-30-9-7-2/h9,12-13,15-16,18-19,21-22,24-25,27-33,38-39,46-48,52-53H,6-8,10-11,14,17,20,23,26,34-37,40-45H2,1-5H3/p+1/b13-12-,16-15-,19-18-,22-21-,27-24-,29-28-,30-9-,31-25-,38-32+,39-33+/t46-,47+,48+/m0/s1. The first-order valence-corrected chi connectivity index (χ1v) is 24.0. The molecule has 1 unspecified atom stereocenters. The Bertz CT molecular complexity index is 1500. The number of quaternary nitrogens is 1. The third-order valence-electron chi connectivity index (χ3n) is 8.66. The van der Waals surface area contributed by atoms with Crippen LogP contribution in [-0.4, -0.2) is 97.3 Å². The van der Waals surface area contributed by atoms with E-state index >= 15 is 0 Å². The summed E-state index contributed by atoms with van der Waals surface area (Å²) in [4.78, 5) is 35.4. The number of hydrogen-bond donors (Lipinski definition) is 3. The highest BCUT2D eigenvalue weighted by molar-refractivity contribution is 7.47. The Morgan fingerprint density at radius 3 is 1.66 bits per heavy atom. The van der Waals surface area contributed by atoms with E-state index < -0.39 is 44.7 Å². The third kappa shape index (κ3) is 43.0. The number of phosphoric ester groups is 1. The smallest absolute Gasteiger partial charge is 0.462 e. The normalized spacial score (nSPS) is 15.7. The molecule has 62 heavy (non-hydrogen) atoms. The molecule has 0 aliphatic carbocycles. The van der Waals surface area contributed by atoms with Gasteiger partial charge in [-0.25, -0.2) is 4.57 Å². The van der Waals surface area contributed by atoms with E-state index in [4.69, 9.17) is 18.5 Å². The number of esters is 2. The molecular formula is C50H81NO10P+. The van der Waals surface area contributed by atoms with Crippen molar-refractivity contribution in [1.82, 2.24) is 0 Å². The van der Waals surface area contributed by atoms with Crippen molar-refractivity contribution in [2.75, 3.05) is 47.5 Å². The second kappa shape index (κ2) is 40.1. The molecule has 12 heteroatoms. The predicted octanol–water partition coefficient (Wildman–Crippen LogP) is 10.8. The third-order valence-corrected chi connectivity index (χ3v) is 9.64. The van der Waals surface area contributed by atoms with Gasteiger partial charge in [0.25, 0.3) is 0 Å². The van der Waals surface area contributed by atoms with Crippen LogP contribution < -0.4 is 0 Å². The molecule has 0 radical (unpaired) electrons. The van der Waals surface area contributed by atoms with Gasteiger partial charge in [-0.3, -0.25) is 18.6 Å². The van der Waals surface area contributed by atoms with Crippen LogP contribution in [0, 0.1) is 0 Å². The predicted molar refractivity (Wildman–Crippen MR) is 254 cm³/mol. The maximum absolute atomic E-state index is 12.7. The van der Waals surface area contributed by atoms with Crippen molar-refractivity contribution < 1.29 is 52.3 Å². The minimum atomic E-state index is -4.45. The van der Waals surface area contributed by atoms with Gasteiger partial charge >= 0.3 is 19.8 Å². The molecule has 0 aromatic carbocycles. The minimum Gasteiger partial charge on any atom is -0.462 e. The number of nitrogens with zero attached hydrogens (tertiary/aromatic N) is 1. The molecule has 0 spiro atoms. The van der Waals surface area contributed by atoms with Crippen LogP contribution in [0.15, 0.2) is 122 Å². The van der Waals surface area contributed by atoms with Gasteiger partial charge in [0.1, 0.15) is 19.8 Å². The highest BCUT2D eigenvalue weighted by Crippen LogP contribution is 2.43. The monoisotopic (exact) mass is 887 g/mol. The maximum atomic E-state index is 12.7. The molecular weight excluding hydrogens is 806 g/mol. The van der Waals surface area contributed by atoms with Crippen LogP contribution in [0.25, 0.3) is 0 Å². The number of phosphoric acid groups is 1. The lowest BCUT2D eigenvalue weighted by atomic mass is 10.2. The lowest BCUT2D eigenvalue weighted by Gasteiger charge is -2.24. The molecule has 4 atom stereocenters. The van der Waals surface area contributed by atoms with Gasteiger partial charge < -0.3 is 29.1 Å². The Morgan fingerprint density at radius 1 is 0.597 bits per heavy atom. The van der Waals surface area contributed by atoms with Crippen molar-refractivity contribution in [2.24, 2.45) is 0 Å². The summed E-state index contributed by atoms with van der Waals surface area (Å²) in [5.74, 6) is -1.05. The Labute approximate surface area is 374 Å². The Balaban J connectivity index is 4.71. The topological polar surface area (TPSA) is 149 Å². The number of ether oxygens (including phenoxy) is 2. The zero-order valence-corrected chi connectivity index (χ0v) is 39.4. The molecule has 11 nitrogen and oxygen atoms in total. The molecule has 0 saturated heterocycles. The molecule has 0 rings (SSSR count). The van der Waals surface area contributed by atoms with Crippen LogP contribution in [0.2, 0.25) is 0 Å². The van der Waals surface area contributed by atoms with Gasteiger partial charge in [-0.15, -0.1) is 0 Å². The van der Waals surface area contributed by atoms with Gasteiger partial charge in [-0.2, -0.15) is 0 Å². The van der Waals surface area contributed by atoms with Gasteiger partial charge in [0.05, 0.1) is 40.0 Å². The molecule has 0 aliphatic heterocycles. The fourth-order valence-corrected chi connectivity index (χ4v) is 5.83. The van der Waals surface area contributed by atoms with E-state index in [2.05, 4.69) is 49.5 Å². The van der Waals surface area contributed by atoms with Gasteiger partial charge in [0, 0.05) is 12.8 Å². The number of carbonyl (C=O) groups excluding carboxylic acids is 2. The van der Waals surface area contributed by atoms with Gasteiger partial charge in [0.15, 0.2) is 6.10 Å². The number of hydrogen-bond acceptors (Lipinski definition) is 9. The van der Waals surface area contributed by atoms with E-state index in [0.29, 0.717) is 49.6 Å². The number of unbranched alkanes of at least 4 members (excludes halogenated alkanes) is 4. The summed E-state index contributed by atoms with van der Waals surface area (Å²) in [6, 6.07) is 0. The van der Waals surface area contributed by atoms with Crippen LogP contribution in [0.3, 0.4) is 0 Å². The van der Waals surface area contributed by atoms with E-state index in [1.165, 1.54) is 19.3 Å². The number of rotatable bonds is 38. The fraction of sp³-hybridized carbons (Fsp3) is 0.560. The Kier molecular flexibility index (Phi) is 37.8. The van der Waals surface area contributed by atoms with Gasteiger partial charge in [-0.1, -0.05) is 148 Å². The molecule has 0 aliphatic rings. The average Bonchev–Trinajstić information content (AvgIpc) is 3.21. The van der Waals surface area contributed by atoms with Crippen molar-refractivity contribution in [3.63, 3.8) is 0 Å². The summed E-state index contributed by atoms with van der Waals surface area (Å²) in [6.45, 7) is 3.89. The van der Waals surface area contributed by atoms with E-state index in [9.17, 15) is 29.3 Å². The lowest BCUT2D eigenvalue weighted by Crippen LogP contribution is -2.37. The van der Waals surface area contributed by atoms with E-state index in [0.717, 1.165) is 32.1 Å². The first-order valence-electron chi connectivity index (χ1n) is 22.5. The van der Waals surface area contributed by atoms with Crippen LogP contribution in [-0.2, 0) is 32.7 Å². The first kappa shape index (κ1) is 58.3. The maximum Gasteiger partial charge on any atom is 0.472 e. The van der Waals surface area contributed by atoms with Crippen LogP contribution in [0.1, 0.15) is 117 Å². The average molecular weight is 887 g/mol. The van der Waals surface area contributed by atoms with Gasteiger partial charge in [-0.05, 0) is 77.0 Å². The molecule has 0 bridgehead atoms. The molecule has 0 aromatic rings. The Hall–Kier alpha value is -3.67. The number of aliphatic hydroxyl groups excluding tert-OH is 2. The molecule has 0 heterocycles. The highest BCUT2D eigenvalue weighted by atomic mass is 31.2. The summed E-state index contributed by atoms with van der Waals surface area (Å²) in [6.07, 6.45) is 49.1. The molecule has 0 saturated carbocycles. The zero-order valence-electron chi connectivity index (χ0n) is 38.5. The van der Waals surface area contributed by atoms with E-state index in [-0.39, 0.29) is 26.1 Å². The van der Waals surface area contributed by atoms with Crippen LogP contribution >= 0.6 is 7.82 Å². The summed E-state index contributed by atoms with van der Waals surface area (Å²) in [7, 11) is 1.31. The number of carbonyl (C=O) groups is 2. The molecule has 350 valence electrons. The molecule has 3 N–H and O–H groups in total. The molecule has 0 aromatic heterocycles. The zero-order chi connectivity index (χ0) is 46.0. The van der Waals surface area contributed by atoms with Crippen molar-refractivity contribution in [2.45, 2.75) is 135 Å². The van der Waals surface area contributed by atoms with E-state index in [1.54, 1.807) is 36.5 Å². The second-order valence-corrected chi connectivity index (χ2v) is 17.2. The SMILES string of the molecule is CC/C=C\C[C@H](O)/C=C/C=C\C=C\[C@H](O)C/C=C\C/C=C\CCC(=O)O[C@H](COC(=O)CCC/C=C\C/C=C\C/C=C\C/C=C\CCCCC)COP(=O)(O)OCC[N+](C)(C)C. The largest absolute Gasteiger partial charge is 0.472 e. The summed E-state index contributed by atoms with van der Waals surface area (Å²) in [5.41, 5.74) is 0. The first-order chi connectivity index (χ1) is 29.8. The molecule has 0 amide bonds. The van der Waals surface area contributed by atoms with Crippen molar-refractivity contribution in [1.29, 1.82) is 0 Å². The van der Waals surface area contributed by atoms with Crippen LogP contribution in [0.5, 0.6) is 0 Å². The molecule has 0 fully saturated rings. The van der Waals surface area contributed by atoms with Crippen molar-refractivity contribution in [3.05, 3.63) is 122 Å². The number of aliphatic hydroxyl groups is 2. The van der Waals surface area contributed by atoms with Crippen LogP contribution in [0.4, 0.5) is 0 Å². The van der Waals surface area contributed by atoms with Crippen molar-refractivity contribution in [3.8, 4) is 0 Å².